The van der Waals surface area contributed by atoms with Gasteiger partial charge < -0.3 is 9.88 Å². The van der Waals surface area contributed by atoms with Crippen molar-refractivity contribution in [3.63, 3.8) is 0 Å². The molecule has 4 rings (SSSR count). The normalized spacial score (nSPS) is 15.5. The van der Waals surface area contributed by atoms with Crippen molar-refractivity contribution >= 4 is 27.5 Å². The number of carbonyl (C=O) groups excluding carboxylic acids is 1. The molecular weight excluding hydrogens is 348 g/mol. The van der Waals surface area contributed by atoms with E-state index in [2.05, 4.69) is 20.9 Å². The summed E-state index contributed by atoms with van der Waals surface area (Å²) in [6, 6.07) is 11.3. The summed E-state index contributed by atoms with van der Waals surface area (Å²) < 4.78 is 1.21. The Balaban J connectivity index is 1.39. The number of H-pyrrole nitrogens is 1. The molecule has 26 heavy (non-hydrogen) atoms. The van der Waals surface area contributed by atoms with Gasteiger partial charge in [-0.05, 0) is 25.1 Å². The van der Waals surface area contributed by atoms with E-state index < -0.39 is 0 Å². The third kappa shape index (κ3) is 3.54. The number of amides is 1. The van der Waals surface area contributed by atoms with Gasteiger partial charge in [-0.2, -0.15) is 0 Å². The lowest BCUT2D eigenvalue weighted by atomic mass is 10.2. The predicted octanol–water partition coefficient (Wildman–Crippen LogP) is 2.25. The molecule has 0 spiro atoms. The van der Waals surface area contributed by atoms with Gasteiger partial charge in [0.15, 0.2) is 0 Å². The number of pyridine rings is 1. The van der Waals surface area contributed by atoms with Gasteiger partial charge in [-0.3, -0.25) is 14.5 Å². The van der Waals surface area contributed by atoms with Crippen molar-refractivity contribution in [3.8, 4) is 0 Å². The molecule has 0 aliphatic carbocycles. The molecule has 6 nitrogen and oxygen atoms in total. The number of thiazole rings is 1. The third-order valence-corrected chi connectivity index (χ3v) is 5.60. The van der Waals surface area contributed by atoms with Crippen molar-refractivity contribution in [1.29, 1.82) is 0 Å². The van der Waals surface area contributed by atoms with Crippen molar-refractivity contribution in [1.82, 2.24) is 19.8 Å². The lowest BCUT2D eigenvalue weighted by Crippen LogP contribution is -2.48. The molecule has 3 heterocycles. The summed E-state index contributed by atoms with van der Waals surface area (Å²) in [7, 11) is 0. The number of aryl methyl sites for hydroxylation is 1. The lowest BCUT2D eigenvalue weighted by molar-refractivity contribution is 0.0628. The van der Waals surface area contributed by atoms with Gasteiger partial charge in [0.05, 0.1) is 16.8 Å². The molecule has 1 fully saturated rings. The number of rotatable bonds is 3. The molecule has 134 valence electrons. The Morgan fingerprint density at radius 3 is 2.69 bits per heavy atom. The fourth-order valence-corrected chi connectivity index (χ4v) is 4.29. The standard InChI is InChI=1S/C19H20N4O2S/c1-13-10-14(11-17(24)20-13)19(25)23-8-6-22(7-9-23)12-18-21-15-4-2-3-5-16(15)26-18/h2-5,10-11H,6-9,12H2,1H3,(H,20,24). The number of fused-ring (bicyclic) bond motifs is 1. The van der Waals surface area contributed by atoms with Gasteiger partial charge in [0, 0.05) is 43.5 Å². The first-order chi connectivity index (χ1) is 12.6. The van der Waals surface area contributed by atoms with Gasteiger partial charge in [-0.25, -0.2) is 4.98 Å². The van der Waals surface area contributed by atoms with E-state index in [9.17, 15) is 9.59 Å². The van der Waals surface area contributed by atoms with E-state index in [1.54, 1.807) is 24.3 Å². The van der Waals surface area contributed by atoms with Crippen LogP contribution in [-0.2, 0) is 6.54 Å². The average Bonchev–Trinajstić information content (AvgIpc) is 3.03. The van der Waals surface area contributed by atoms with Crippen molar-refractivity contribution in [2.45, 2.75) is 13.5 Å². The van der Waals surface area contributed by atoms with Crippen LogP contribution in [-0.4, -0.2) is 51.9 Å². The Kier molecular flexibility index (Phi) is 4.57. The predicted molar refractivity (Wildman–Crippen MR) is 103 cm³/mol. The fourth-order valence-electron chi connectivity index (χ4n) is 3.28. The minimum Gasteiger partial charge on any atom is -0.336 e. The minimum atomic E-state index is -0.233. The summed E-state index contributed by atoms with van der Waals surface area (Å²) in [5.41, 5.74) is 1.98. The first-order valence-electron chi connectivity index (χ1n) is 8.65. The molecule has 1 saturated heterocycles. The molecule has 0 bridgehead atoms. The molecule has 1 aliphatic heterocycles. The Bertz CT molecular complexity index is 969. The van der Waals surface area contributed by atoms with Gasteiger partial charge in [0.25, 0.3) is 5.91 Å². The highest BCUT2D eigenvalue weighted by Crippen LogP contribution is 2.23. The minimum absolute atomic E-state index is 0.0705. The monoisotopic (exact) mass is 368 g/mol. The summed E-state index contributed by atoms with van der Waals surface area (Å²) in [6.07, 6.45) is 0. The van der Waals surface area contributed by atoms with E-state index in [1.807, 2.05) is 23.1 Å². The molecule has 2 aromatic heterocycles. The maximum Gasteiger partial charge on any atom is 0.254 e. The number of hydrogen-bond donors (Lipinski definition) is 1. The zero-order valence-corrected chi connectivity index (χ0v) is 15.4. The van der Waals surface area contributed by atoms with Crippen LogP contribution in [0.15, 0.2) is 41.2 Å². The molecule has 1 amide bonds. The molecule has 1 aromatic carbocycles. The summed E-state index contributed by atoms with van der Waals surface area (Å²) in [6.45, 7) is 5.54. The highest BCUT2D eigenvalue weighted by atomic mass is 32.1. The van der Waals surface area contributed by atoms with E-state index in [0.29, 0.717) is 24.3 Å². The van der Waals surface area contributed by atoms with Crippen LogP contribution in [0.3, 0.4) is 0 Å². The van der Waals surface area contributed by atoms with Crippen LogP contribution in [0.4, 0.5) is 0 Å². The molecule has 0 unspecified atom stereocenters. The van der Waals surface area contributed by atoms with Crippen molar-refractivity contribution in [2.75, 3.05) is 26.2 Å². The second kappa shape index (κ2) is 7.01. The fraction of sp³-hybridized carbons (Fsp3) is 0.316. The topological polar surface area (TPSA) is 69.3 Å². The van der Waals surface area contributed by atoms with Crippen molar-refractivity contribution in [2.24, 2.45) is 0 Å². The lowest BCUT2D eigenvalue weighted by Gasteiger charge is -2.34. The second-order valence-electron chi connectivity index (χ2n) is 6.56. The molecule has 0 radical (unpaired) electrons. The van der Waals surface area contributed by atoms with Gasteiger partial charge in [0.2, 0.25) is 5.56 Å². The maximum atomic E-state index is 12.6. The number of para-hydroxylation sites is 1. The highest BCUT2D eigenvalue weighted by Gasteiger charge is 2.23. The van der Waals surface area contributed by atoms with E-state index in [4.69, 9.17) is 0 Å². The van der Waals surface area contributed by atoms with E-state index >= 15 is 0 Å². The Labute approximate surface area is 155 Å². The Morgan fingerprint density at radius 1 is 1.19 bits per heavy atom. The van der Waals surface area contributed by atoms with Crippen LogP contribution in [0.1, 0.15) is 21.1 Å². The number of piperazine rings is 1. The third-order valence-electron chi connectivity index (χ3n) is 4.58. The zero-order chi connectivity index (χ0) is 18.1. The molecule has 0 saturated carbocycles. The first-order valence-corrected chi connectivity index (χ1v) is 9.47. The molecule has 3 aromatic rings. The van der Waals surface area contributed by atoms with E-state index in [1.165, 1.54) is 10.8 Å². The SMILES string of the molecule is Cc1cc(C(=O)N2CCN(Cc3nc4ccccc4s3)CC2)cc(=O)[nH]1. The molecule has 1 N–H and O–H groups in total. The summed E-state index contributed by atoms with van der Waals surface area (Å²) in [5, 5.41) is 1.11. The number of aromatic amines is 1. The number of aromatic nitrogens is 2. The summed E-state index contributed by atoms with van der Waals surface area (Å²) in [4.78, 5) is 35.7. The quantitative estimate of drug-likeness (QED) is 0.770. The Morgan fingerprint density at radius 2 is 1.96 bits per heavy atom. The zero-order valence-electron chi connectivity index (χ0n) is 14.6. The van der Waals surface area contributed by atoms with Crippen molar-refractivity contribution < 1.29 is 4.79 Å². The molecule has 7 heteroatoms. The van der Waals surface area contributed by atoms with Crippen LogP contribution in [0.5, 0.6) is 0 Å². The summed E-state index contributed by atoms with van der Waals surface area (Å²) >= 11 is 1.73. The average molecular weight is 368 g/mol. The van der Waals surface area contributed by atoms with Gasteiger partial charge >= 0.3 is 0 Å². The number of nitrogens with zero attached hydrogens (tertiary/aromatic N) is 3. The molecular formula is C19H20N4O2S. The smallest absolute Gasteiger partial charge is 0.254 e. The number of benzene rings is 1. The van der Waals surface area contributed by atoms with Gasteiger partial charge in [0.1, 0.15) is 5.01 Å². The van der Waals surface area contributed by atoms with Gasteiger partial charge in [-0.1, -0.05) is 12.1 Å². The second-order valence-corrected chi connectivity index (χ2v) is 7.68. The van der Waals surface area contributed by atoms with Crippen molar-refractivity contribution in [3.05, 3.63) is 63.0 Å². The van der Waals surface area contributed by atoms with Crippen LogP contribution in [0.2, 0.25) is 0 Å². The number of nitrogens with one attached hydrogen (secondary N) is 1. The molecule has 0 atom stereocenters. The van der Waals surface area contributed by atoms with Crippen LogP contribution in [0.25, 0.3) is 10.2 Å². The molecule has 1 aliphatic rings. The van der Waals surface area contributed by atoms with E-state index in [-0.39, 0.29) is 11.5 Å². The van der Waals surface area contributed by atoms with Gasteiger partial charge in [-0.15, -0.1) is 11.3 Å². The van der Waals surface area contributed by atoms with Crippen LogP contribution < -0.4 is 5.56 Å². The van der Waals surface area contributed by atoms with E-state index in [0.717, 1.165) is 30.2 Å². The largest absolute Gasteiger partial charge is 0.336 e. The first kappa shape index (κ1) is 16.9. The number of carbonyl (C=O) groups is 1. The van der Waals surface area contributed by atoms with Crippen LogP contribution in [0, 0.1) is 6.92 Å². The number of hydrogen-bond acceptors (Lipinski definition) is 5. The maximum absolute atomic E-state index is 12.6. The van der Waals surface area contributed by atoms with Crippen LogP contribution >= 0.6 is 11.3 Å². The highest BCUT2D eigenvalue weighted by molar-refractivity contribution is 7.18. The summed E-state index contributed by atoms with van der Waals surface area (Å²) in [5.74, 6) is -0.0705. The Hall–Kier alpha value is -2.51.